The second kappa shape index (κ2) is 4.49. The Morgan fingerprint density at radius 2 is 2.12 bits per heavy atom. The number of ketones is 1. The molecule has 2 rings (SSSR count). The first-order chi connectivity index (χ1) is 8.09. The van der Waals surface area contributed by atoms with Crippen LogP contribution in [-0.4, -0.2) is 15.6 Å². The van der Waals surface area contributed by atoms with Crippen LogP contribution in [0.2, 0.25) is 0 Å². The molecule has 1 aromatic carbocycles. The van der Waals surface area contributed by atoms with Crippen LogP contribution in [0.25, 0.3) is 0 Å². The Labute approximate surface area is 98.9 Å². The van der Waals surface area contributed by atoms with Gasteiger partial charge < -0.3 is 0 Å². The van der Waals surface area contributed by atoms with Crippen molar-refractivity contribution in [1.82, 2.24) is 9.78 Å². The van der Waals surface area contributed by atoms with Gasteiger partial charge in [0.2, 0.25) is 0 Å². The summed E-state index contributed by atoms with van der Waals surface area (Å²) in [6.07, 6.45) is 1.59. The highest BCUT2D eigenvalue weighted by Gasteiger charge is 2.14. The maximum Gasteiger partial charge on any atom is 0.170 e. The second-order valence-corrected chi connectivity index (χ2v) is 3.96. The monoisotopic (exact) mass is 232 g/mol. The van der Waals surface area contributed by atoms with Gasteiger partial charge in [0.25, 0.3) is 0 Å². The number of hydrogen-bond donors (Lipinski definition) is 0. The summed E-state index contributed by atoms with van der Waals surface area (Å²) in [7, 11) is 1.77. The molecule has 2 aromatic rings. The molecule has 0 atom stereocenters. The van der Waals surface area contributed by atoms with E-state index >= 15 is 0 Å². The number of hydrogen-bond acceptors (Lipinski definition) is 2. The van der Waals surface area contributed by atoms with Crippen molar-refractivity contribution in [3.8, 4) is 0 Å². The van der Waals surface area contributed by atoms with Crippen molar-refractivity contribution >= 4 is 5.78 Å². The summed E-state index contributed by atoms with van der Waals surface area (Å²) < 4.78 is 15.0. The van der Waals surface area contributed by atoms with E-state index in [9.17, 15) is 9.18 Å². The van der Waals surface area contributed by atoms with E-state index in [4.69, 9.17) is 0 Å². The number of carbonyl (C=O) groups excluding carboxylic acids is 1. The normalized spacial score (nSPS) is 10.5. The third-order valence-corrected chi connectivity index (χ3v) is 2.84. The number of carbonyl (C=O) groups is 1. The summed E-state index contributed by atoms with van der Waals surface area (Å²) in [5.41, 5.74) is 1.77. The molecule has 1 heterocycles. The average Bonchev–Trinajstić information content (AvgIpc) is 2.63. The van der Waals surface area contributed by atoms with E-state index in [1.54, 1.807) is 29.9 Å². The van der Waals surface area contributed by atoms with Crippen LogP contribution >= 0.6 is 0 Å². The molecule has 0 aliphatic carbocycles. The first-order valence-corrected chi connectivity index (χ1v) is 5.35. The molecule has 0 spiro atoms. The maximum absolute atomic E-state index is 13.4. The molecule has 0 radical (unpaired) electrons. The fourth-order valence-corrected chi connectivity index (χ4v) is 1.68. The summed E-state index contributed by atoms with van der Waals surface area (Å²) in [5.74, 6) is -0.455. The molecular weight excluding hydrogens is 219 g/mol. The maximum atomic E-state index is 13.4. The van der Waals surface area contributed by atoms with Crippen LogP contribution in [0.5, 0.6) is 0 Å². The van der Waals surface area contributed by atoms with Gasteiger partial charge in [-0.1, -0.05) is 18.2 Å². The van der Waals surface area contributed by atoms with Gasteiger partial charge in [-0.05, 0) is 18.6 Å². The zero-order chi connectivity index (χ0) is 12.4. The van der Waals surface area contributed by atoms with Gasteiger partial charge in [-0.2, -0.15) is 5.10 Å². The van der Waals surface area contributed by atoms with Crippen LogP contribution in [0.1, 0.15) is 21.6 Å². The Balaban J connectivity index is 2.23. The first kappa shape index (κ1) is 11.5. The molecule has 0 aliphatic rings. The van der Waals surface area contributed by atoms with E-state index in [1.807, 2.05) is 6.92 Å². The van der Waals surface area contributed by atoms with Gasteiger partial charge in [-0.15, -0.1) is 0 Å². The van der Waals surface area contributed by atoms with E-state index in [-0.39, 0.29) is 18.0 Å². The largest absolute Gasteiger partial charge is 0.294 e. The summed E-state index contributed by atoms with van der Waals surface area (Å²) in [6.45, 7) is 1.82. The van der Waals surface area contributed by atoms with Gasteiger partial charge in [0.1, 0.15) is 5.82 Å². The minimum atomic E-state index is -0.345. The van der Waals surface area contributed by atoms with E-state index in [1.165, 1.54) is 12.3 Å². The molecule has 88 valence electrons. The van der Waals surface area contributed by atoms with Crippen molar-refractivity contribution in [1.29, 1.82) is 0 Å². The SMILES string of the molecule is Cc1c(C(=O)Cc2ccccc2F)cnn1C. The van der Waals surface area contributed by atoms with Gasteiger partial charge >= 0.3 is 0 Å². The zero-order valence-corrected chi connectivity index (χ0v) is 9.77. The third-order valence-electron chi connectivity index (χ3n) is 2.84. The van der Waals surface area contributed by atoms with Gasteiger partial charge in [-0.3, -0.25) is 9.48 Å². The minimum absolute atomic E-state index is 0.0687. The van der Waals surface area contributed by atoms with Crippen molar-refractivity contribution in [2.75, 3.05) is 0 Å². The highest BCUT2D eigenvalue weighted by Crippen LogP contribution is 2.13. The topological polar surface area (TPSA) is 34.9 Å². The number of Topliss-reactive ketones (excluding diaryl/α,β-unsaturated/α-hetero) is 1. The van der Waals surface area contributed by atoms with Crippen molar-refractivity contribution in [2.45, 2.75) is 13.3 Å². The Kier molecular flexibility index (Phi) is 3.04. The smallest absolute Gasteiger partial charge is 0.170 e. The van der Waals surface area contributed by atoms with Crippen molar-refractivity contribution in [3.63, 3.8) is 0 Å². The van der Waals surface area contributed by atoms with Crippen LogP contribution in [0, 0.1) is 12.7 Å². The van der Waals surface area contributed by atoms with Crippen molar-refractivity contribution in [2.24, 2.45) is 7.05 Å². The summed E-state index contributed by atoms with van der Waals surface area (Å²) in [4.78, 5) is 12.0. The lowest BCUT2D eigenvalue weighted by atomic mass is 10.0. The predicted octanol–water partition coefficient (Wildman–Crippen LogP) is 2.29. The quantitative estimate of drug-likeness (QED) is 0.761. The molecule has 4 heteroatoms. The molecule has 0 bridgehead atoms. The van der Waals surface area contributed by atoms with Crippen molar-refractivity contribution in [3.05, 3.63) is 53.1 Å². The van der Waals surface area contributed by atoms with E-state index < -0.39 is 0 Å². The highest BCUT2D eigenvalue weighted by molar-refractivity contribution is 5.98. The van der Waals surface area contributed by atoms with E-state index in [0.29, 0.717) is 11.1 Å². The minimum Gasteiger partial charge on any atom is -0.294 e. The van der Waals surface area contributed by atoms with Crippen LogP contribution in [-0.2, 0) is 13.5 Å². The fraction of sp³-hybridized carbons (Fsp3) is 0.231. The molecule has 0 saturated heterocycles. The standard InChI is InChI=1S/C13H13FN2O/c1-9-11(8-15-16(9)2)13(17)7-10-5-3-4-6-12(10)14/h3-6,8H,7H2,1-2H3. The van der Waals surface area contributed by atoms with Crippen LogP contribution < -0.4 is 0 Å². The molecule has 0 aliphatic heterocycles. The Morgan fingerprint density at radius 1 is 1.41 bits per heavy atom. The number of nitrogens with zero attached hydrogens (tertiary/aromatic N) is 2. The molecule has 3 nitrogen and oxygen atoms in total. The van der Waals surface area contributed by atoms with Crippen LogP contribution in [0.3, 0.4) is 0 Å². The second-order valence-electron chi connectivity index (χ2n) is 3.96. The average molecular weight is 232 g/mol. The lowest BCUT2D eigenvalue weighted by Gasteiger charge is -2.02. The molecule has 0 amide bonds. The van der Waals surface area contributed by atoms with Gasteiger partial charge in [-0.25, -0.2) is 4.39 Å². The molecule has 17 heavy (non-hydrogen) atoms. The lowest BCUT2D eigenvalue weighted by Crippen LogP contribution is -2.06. The molecule has 0 unspecified atom stereocenters. The van der Waals surface area contributed by atoms with Gasteiger partial charge in [0.15, 0.2) is 5.78 Å². The molecule has 0 N–H and O–H groups in total. The number of halogens is 1. The first-order valence-electron chi connectivity index (χ1n) is 5.35. The fourth-order valence-electron chi connectivity index (χ4n) is 1.68. The van der Waals surface area contributed by atoms with Gasteiger partial charge in [0.05, 0.1) is 11.8 Å². The summed E-state index contributed by atoms with van der Waals surface area (Å²) >= 11 is 0. The Bertz CT molecular complexity index is 560. The van der Waals surface area contributed by atoms with E-state index in [0.717, 1.165) is 5.69 Å². The predicted molar refractivity (Wildman–Crippen MR) is 62.4 cm³/mol. The zero-order valence-electron chi connectivity index (χ0n) is 9.77. The number of aromatic nitrogens is 2. The number of aryl methyl sites for hydroxylation is 1. The summed E-state index contributed by atoms with van der Waals surface area (Å²) in [5, 5.41) is 4.00. The third kappa shape index (κ3) is 2.25. The van der Waals surface area contributed by atoms with E-state index in [2.05, 4.69) is 5.10 Å². The highest BCUT2D eigenvalue weighted by atomic mass is 19.1. The van der Waals surface area contributed by atoms with Crippen LogP contribution in [0.15, 0.2) is 30.5 Å². The van der Waals surface area contributed by atoms with Crippen molar-refractivity contribution < 1.29 is 9.18 Å². The Morgan fingerprint density at radius 3 is 2.71 bits per heavy atom. The summed E-state index contributed by atoms with van der Waals surface area (Å²) in [6, 6.07) is 6.32. The van der Waals surface area contributed by atoms with Crippen LogP contribution in [0.4, 0.5) is 4.39 Å². The van der Waals surface area contributed by atoms with Gasteiger partial charge in [0, 0.05) is 19.2 Å². The molecule has 0 fully saturated rings. The molecule has 0 saturated carbocycles. The number of benzene rings is 1. The lowest BCUT2D eigenvalue weighted by molar-refractivity contribution is 0.0991. The Hall–Kier alpha value is -1.97. The molecular formula is C13H13FN2O. The number of rotatable bonds is 3. The molecule has 1 aromatic heterocycles.